The molecule has 376 valence electrons. The molecule has 0 spiro atoms. The summed E-state index contributed by atoms with van der Waals surface area (Å²) in [5, 5.41) is 50.8. The highest BCUT2D eigenvalue weighted by Crippen LogP contribution is 2.49. The minimum atomic E-state index is -4.27. The number of ether oxygens (including phenoxy) is 2. The van der Waals surface area contributed by atoms with Crippen LogP contribution in [-0.4, -0.2) is 84.7 Å². The van der Waals surface area contributed by atoms with E-state index in [-0.39, 0.29) is 63.5 Å². The molecule has 0 atom stereocenters. The Balaban J connectivity index is 0.000000890. The Morgan fingerprint density at radius 1 is 0.836 bits per heavy atom. The first-order chi connectivity index (χ1) is 34.6. The van der Waals surface area contributed by atoms with Crippen LogP contribution in [0.2, 0.25) is 0 Å². The first kappa shape index (κ1) is 54.0. The number of nitriles is 1. The fourth-order valence-corrected chi connectivity index (χ4v) is 8.49. The molecule has 1 amide bonds. The average Bonchev–Trinajstić information content (AvgIpc) is 3.90. The van der Waals surface area contributed by atoms with Crippen molar-refractivity contribution in [1.82, 2.24) is 9.38 Å². The molecule has 73 heavy (non-hydrogen) atoms. The number of primary amides is 1. The zero-order valence-electron chi connectivity index (χ0n) is 38.6. The monoisotopic (exact) mass is 1070 g/mol. The molecule has 0 aliphatic heterocycles. The number of para-hydroxylation sites is 2. The smallest absolute Gasteiger partial charge is 0.425 e. The molecule has 3 heterocycles. The Morgan fingerprint density at radius 3 is 2.15 bits per heavy atom. The predicted molar refractivity (Wildman–Crippen MR) is 270 cm³/mol. The van der Waals surface area contributed by atoms with Crippen LogP contribution in [0.25, 0.3) is 38.6 Å². The largest absolute Gasteiger partial charge is 0.496 e. The van der Waals surface area contributed by atoms with E-state index >= 15 is 0 Å². The molecule has 8 aromatic rings. The number of rotatable bonds is 14. The number of thiophene rings is 1. The van der Waals surface area contributed by atoms with Crippen LogP contribution < -0.4 is 15.2 Å². The van der Waals surface area contributed by atoms with Crippen LogP contribution in [0.3, 0.4) is 0 Å². The molecule has 27 heteroatoms. The van der Waals surface area contributed by atoms with Crippen molar-refractivity contribution in [2.24, 2.45) is 36.4 Å². The van der Waals surface area contributed by atoms with E-state index in [1.165, 1.54) is 10.5 Å². The highest BCUT2D eigenvalue weighted by molar-refractivity contribution is 7.85. The normalized spacial score (nSPS) is 11.7. The molecule has 5 aromatic carbocycles. The SMILES string of the molecule is COc1cccc2ccc(N=Nc3sc(N=Nc4cc(OCCCS(=O)(=O)O)c(N=Nc5c(C)c(C#N)c6nc7ccccc7n6c5O)cc4C)c(C(N)=O)c3-c3ccccc3)cc12.CS(=O)(=O)O.O=S(=O)=O. The Hall–Kier alpha value is -8.39. The molecule has 0 unspecified atom stereocenters. The Bertz CT molecular complexity index is 3900. The molecule has 0 bridgehead atoms. The van der Waals surface area contributed by atoms with E-state index in [0.29, 0.717) is 56.0 Å². The van der Waals surface area contributed by atoms with Crippen LogP contribution >= 0.6 is 11.3 Å². The zero-order valence-corrected chi connectivity index (χ0v) is 41.9. The molecule has 0 saturated carbocycles. The van der Waals surface area contributed by atoms with E-state index in [1.807, 2.05) is 66.7 Å². The van der Waals surface area contributed by atoms with Crippen LogP contribution in [-0.2, 0) is 30.8 Å². The van der Waals surface area contributed by atoms with E-state index in [2.05, 4.69) is 41.7 Å². The lowest BCUT2D eigenvalue weighted by Crippen LogP contribution is -2.11. The number of nitrogens with zero attached hydrogens (tertiary/aromatic N) is 9. The van der Waals surface area contributed by atoms with E-state index in [9.17, 15) is 36.6 Å². The molecule has 0 aliphatic rings. The number of azo groups is 3. The van der Waals surface area contributed by atoms with Crippen LogP contribution in [0, 0.1) is 25.2 Å². The van der Waals surface area contributed by atoms with Gasteiger partial charge in [0.15, 0.2) is 16.3 Å². The highest BCUT2D eigenvalue weighted by atomic mass is 32.2. The Morgan fingerprint density at radius 2 is 1.49 bits per heavy atom. The second-order valence-electron chi connectivity index (χ2n) is 15.2. The van der Waals surface area contributed by atoms with Crippen molar-refractivity contribution in [3.8, 4) is 34.6 Å². The first-order valence-corrected chi connectivity index (χ1v) is 26.1. The third kappa shape index (κ3) is 13.7. The topological polar surface area (TPSA) is 357 Å². The number of benzene rings is 5. The quantitative estimate of drug-likeness (QED) is 0.0447. The van der Waals surface area contributed by atoms with Gasteiger partial charge in [-0.05, 0) is 73.2 Å². The molecule has 3 aromatic heterocycles. The van der Waals surface area contributed by atoms with Gasteiger partial charge in [0.2, 0.25) is 5.88 Å². The maximum atomic E-state index is 13.2. The molecule has 0 fully saturated rings. The summed E-state index contributed by atoms with van der Waals surface area (Å²) in [4.78, 5) is 17.8. The first-order valence-electron chi connectivity index (χ1n) is 20.9. The molecule has 0 radical (unpaired) electrons. The molecule has 5 N–H and O–H groups in total. The molecule has 0 saturated heterocycles. The number of carbonyl (C=O) groups is 1. The summed E-state index contributed by atoms with van der Waals surface area (Å²) < 4.78 is 96.4. The minimum absolute atomic E-state index is 0.00476. The number of imidazole rings is 1. The Kier molecular flexibility index (Phi) is 17.2. The van der Waals surface area contributed by atoms with Crippen molar-refractivity contribution in [2.45, 2.75) is 20.3 Å². The predicted octanol–water partition coefficient (Wildman–Crippen LogP) is 10.1. The molecular formula is C46H40N10O13S4. The van der Waals surface area contributed by atoms with Gasteiger partial charge in [-0.25, -0.2) is 4.98 Å². The fourth-order valence-electron chi connectivity index (χ4n) is 7.04. The van der Waals surface area contributed by atoms with Crippen LogP contribution in [0.4, 0.5) is 32.8 Å². The van der Waals surface area contributed by atoms with Gasteiger partial charge in [0.25, 0.3) is 26.1 Å². The number of hydrogen-bond donors (Lipinski definition) is 4. The van der Waals surface area contributed by atoms with Gasteiger partial charge in [0, 0.05) is 22.6 Å². The number of aryl methyl sites for hydroxylation is 1. The lowest BCUT2D eigenvalue weighted by Gasteiger charge is -2.12. The second-order valence-corrected chi connectivity index (χ2v) is 19.7. The van der Waals surface area contributed by atoms with Crippen molar-refractivity contribution >= 4 is 108 Å². The molecule has 8 rings (SSSR count). The van der Waals surface area contributed by atoms with Gasteiger partial charge in [-0.15, -0.1) is 43.3 Å². The van der Waals surface area contributed by atoms with Gasteiger partial charge in [0.05, 0.1) is 53.7 Å². The maximum absolute atomic E-state index is 13.2. The van der Waals surface area contributed by atoms with E-state index < -0.39 is 42.5 Å². The van der Waals surface area contributed by atoms with Crippen molar-refractivity contribution in [2.75, 3.05) is 25.7 Å². The van der Waals surface area contributed by atoms with Crippen molar-refractivity contribution in [3.63, 3.8) is 0 Å². The molecule has 0 aliphatic carbocycles. The highest BCUT2D eigenvalue weighted by Gasteiger charge is 2.25. The van der Waals surface area contributed by atoms with Crippen molar-refractivity contribution in [3.05, 3.63) is 125 Å². The van der Waals surface area contributed by atoms with Gasteiger partial charge in [0.1, 0.15) is 33.8 Å². The summed E-state index contributed by atoms with van der Waals surface area (Å²) in [6, 6.07) is 32.7. The number of carbonyl (C=O) groups excluding carboxylic acids is 1. The summed E-state index contributed by atoms with van der Waals surface area (Å²) >= 11 is 1.06. The third-order valence-corrected chi connectivity index (χ3v) is 11.9. The van der Waals surface area contributed by atoms with Gasteiger partial charge >= 0.3 is 10.6 Å². The van der Waals surface area contributed by atoms with Gasteiger partial charge in [-0.2, -0.15) is 22.1 Å². The summed E-state index contributed by atoms with van der Waals surface area (Å²) in [6.07, 6.45) is 0.645. The summed E-state index contributed by atoms with van der Waals surface area (Å²) in [6.45, 7) is 3.19. The number of methoxy groups -OCH3 is 1. The Labute approximate surface area is 421 Å². The number of fused-ring (bicyclic) bond motifs is 4. The van der Waals surface area contributed by atoms with Crippen molar-refractivity contribution < 1.29 is 57.9 Å². The summed E-state index contributed by atoms with van der Waals surface area (Å²) in [5.74, 6) is -0.848. The van der Waals surface area contributed by atoms with E-state index in [0.717, 1.165) is 22.1 Å². The van der Waals surface area contributed by atoms with Crippen LogP contribution in [0.1, 0.15) is 33.5 Å². The van der Waals surface area contributed by atoms with E-state index in [1.54, 1.807) is 51.3 Å². The zero-order chi connectivity index (χ0) is 53.2. The second kappa shape index (κ2) is 23.2. The molecule has 23 nitrogen and oxygen atoms in total. The number of amides is 1. The van der Waals surface area contributed by atoms with Gasteiger partial charge in [-0.3, -0.25) is 18.3 Å². The van der Waals surface area contributed by atoms with Crippen molar-refractivity contribution in [1.29, 1.82) is 5.26 Å². The third-order valence-electron chi connectivity index (χ3n) is 10.1. The summed E-state index contributed by atoms with van der Waals surface area (Å²) in [7, 11) is -9.46. The number of aromatic hydroxyl groups is 1. The van der Waals surface area contributed by atoms with Crippen LogP contribution in [0.5, 0.6) is 17.4 Å². The lowest BCUT2D eigenvalue weighted by atomic mass is 10.0. The fraction of sp³-hybridized carbons (Fsp3) is 0.152. The van der Waals surface area contributed by atoms with Gasteiger partial charge in [-0.1, -0.05) is 72.0 Å². The maximum Gasteiger partial charge on any atom is 0.425 e. The number of pyridine rings is 1. The average molecular weight is 1070 g/mol. The minimum Gasteiger partial charge on any atom is -0.496 e. The molecular weight excluding hydrogens is 1030 g/mol. The number of nitrogens with two attached hydrogens (primary N) is 1. The number of aromatic nitrogens is 2. The van der Waals surface area contributed by atoms with Crippen LogP contribution in [0.15, 0.2) is 134 Å². The number of hydrogen-bond acceptors (Lipinski definition) is 20. The standard InChI is InChI=1S/C45H36N10O7S2.CH4O3S.O3S/c1-25-21-34(51-52-40-26(2)31(24-46)42-48-32-14-7-8-15-35(32)55(42)45(40)57)37(62-19-10-20-64(58,59)60)23-33(25)50-54-44-39(41(47)56)38(28-11-5-4-6-12-28)43(63-44)53-49-29-18-17-27-13-9-16-36(61-3)30(27)22-29;1-5(2,3)4;1-4(2)3/h4-9,11-18,21-23,57H,10,19-20H2,1-3H3,(H2,47,56)(H,58,59,60);1H3,(H,2,3,4);. The lowest BCUT2D eigenvalue weighted by molar-refractivity contribution is 0.100. The van der Waals surface area contributed by atoms with Gasteiger partial charge < -0.3 is 20.3 Å². The van der Waals surface area contributed by atoms with E-state index in [4.69, 9.17) is 32.4 Å². The summed E-state index contributed by atoms with van der Waals surface area (Å²) in [5.41, 5.74) is 10.6.